The third kappa shape index (κ3) is 4.22. The number of hydrogen-bond donors (Lipinski definition) is 0. The van der Waals surface area contributed by atoms with Gasteiger partial charge < -0.3 is 14.5 Å². The SMILES string of the molecule is CC(C)(C)OC(=O)N1CC(N2CCN(c3ccc(Br)cc3)CC2)C1. The van der Waals surface area contributed by atoms with Crippen LogP contribution in [0.3, 0.4) is 0 Å². The number of ether oxygens (including phenoxy) is 1. The van der Waals surface area contributed by atoms with E-state index >= 15 is 0 Å². The fourth-order valence-corrected chi connectivity index (χ4v) is 3.42. The van der Waals surface area contributed by atoms with Crippen LogP contribution in [0.25, 0.3) is 0 Å². The van der Waals surface area contributed by atoms with E-state index in [1.807, 2.05) is 20.8 Å². The standard InChI is InChI=1S/C18H26BrN3O2/c1-18(2,3)24-17(23)22-12-16(13-22)21-10-8-20(9-11-21)15-6-4-14(19)5-7-15/h4-7,16H,8-13H2,1-3H3. The first kappa shape index (κ1) is 17.5. The minimum Gasteiger partial charge on any atom is -0.444 e. The monoisotopic (exact) mass is 395 g/mol. The molecule has 2 aliphatic rings. The quantitative estimate of drug-likeness (QED) is 0.770. The lowest BCUT2D eigenvalue weighted by molar-refractivity contribution is -0.0162. The van der Waals surface area contributed by atoms with Crippen LogP contribution in [0.5, 0.6) is 0 Å². The van der Waals surface area contributed by atoms with Gasteiger partial charge in [-0.15, -0.1) is 0 Å². The van der Waals surface area contributed by atoms with E-state index in [0.717, 1.165) is 43.7 Å². The van der Waals surface area contributed by atoms with Crippen molar-refractivity contribution in [1.29, 1.82) is 0 Å². The summed E-state index contributed by atoms with van der Waals surface area (Å²) in [6, 6.07) is 8.98. The van der Waals surface area contributed by atoms with Crippen LogP contribution in [0.15, 0.2) is 28.7 Å². The van der Waals surface area contributed by atoms with Crippen LogP contribution in [0, 0.1) is 0 Å². The fourth-order valence-electron chi connectivity index (χ4n) is 3.16. The topological polar surface area (TPSA) is 36.0 Å². The van der Waals surface area contributed by atoms with Gasteiger partial charge in [0.15, 0.2) is 0 Å². The molecule has 0 aromatic heterocycles. The molecule has 2 heterocycles. The predicted octanol–water partition coefficient (Wildman–Crippen LogP) is 3.19. The summed E-state index contributed by atoms with van der Waals surface area (Å²) < 4.78 is 6.53. The van der Waals surface area contributed by atoms with Crippen LogP contribution in [0.4, 0.5) is 10.5 Å². The molecule has 0 saturated carbocycles. The maximum absolute atomic E-state index is 12.0. The highest BCUT2D eigenvalue weighted by Crippen LogP contribution is 2.23. The molecule has 0 bridgehead atoms. The molecule has 2 fully saturated rings. The Morgan fingerprint density at radius 3 is 2.21 bits per heavy atom. The van der Waals surface area contributed by atoms with Crippen LogP contribution < -0.4 is 4.90 Å². The van der Waals surface area contributed by atoms with Crippen LogP contribution in [0.2, 0.25) is 0 Å². The van der Waals surface area contributed by atoms with E-state index in [2.05, 4.69) is 50.0 Å². The molecule has 1 aromatic carbocycles. The van der Waals surface area contributed by atoms with E-state index < -0.39 is 5.60 Å². The molecule has 0 N–H and O–H groups in total. The Bertz CT molecular complexity index is 571. The number of amides is 1. The average Bonchev–Trinajstić information content (AvgIpc) is 2.45. The van der Waals surface area contributed by atoms with Gasteiger partial charge in [-0.3, -0.25) is 4.90 Å². The van der Waals surface area contributed by atoms with Crippen LogP contribution >= 0.6 is 15.9 Å². The number of benzene rings is 1. The van der Waals surface area contributed by atoms with Gasteiger partial charge in [0.2, 0.25) is 0 Å². The van der Waals surface area contributed by atoms with Crippen molar-refractivity contribution < 1.29 is 9.53 Å². The number of anilines is 1. The molecule has 0 radical (unpaired) electrons. The van der Waals surface area contributed by atoms with Crippen LogP contribution in [0.1, 0.15) is 20.8 Å². The van der Waals surface area contributed by atoms with Crippen molar-refractivity contribution in [1.82, 2.24) is 9.80 Å². The van der Waals surface area contributed by atoms with E-state index in [1.165, 1.54) is 5.69 Å². The van der Waals surface area contributed by atoms with Gasteiger partial charge in [0.1, 0.15) is 5.60 Å². The number of halogens is 1. The molecule has 5 nitrogen and oxygen atoms in total. The first-order valence-corrected chi connectivity index (χ1v) is 9.33. The first-order valence-electron chi connectivity index (χ1n) is 8.54. The first-order chi connectivity index (χ1) is 11.3. The summed E-state index contributed by atoms with van der Waals surface area (Å²) >= 11 is 3.48. The third-order valence-electron chi connectivity index (χ3n) is 4.54. The lowest BCUT2D eigenvalue weighted by Crippen LogP contribution is -2.64. The Morgan fingerprint density at radius 2 is 1.67 bits per heavy atom. The molecule has 0 unspecified atom stereocenters. The third-order valence-corrected chi connectivity index (χ3v) is 5.07. The number of piperazine rings is 1. The summed E-state index contributed by atoms with van der Waals surface area (Å²) in [7, 11) is 0. The number of nitrogens with zero attached hydrogens (tertiary/aromatic N) is 3. The lowest BCUT2D eigenvalue weighted by Gasteiger charge is -2.48. The fraction of sp³-hybridized carbons (Fsp3) is 0.611. The van der Waals surface area contributed by atoms with Crippen molar-refractivity contribution in [2.24, 2.45) is 0 Å². The molecule has 2 aliphatic heterocycles. The van der Waals surface area contributed by atoms with E-state index in [1.54, 1.807) is 4.90 Å². The largest absolute Gasteiger partial charge is 0.444 e. The molecule has 0 aliphatic carbocycles. The van der Waals surface area contributed by atoms with Gasteiger partial charge >= 0.3 is 6.09 Å². The van der Waals surface area contributed by atoms with Crippen molar-refractivity contribution in [3.05, 3.63) is 28.7 Å². The molecular formula is C18H26BrN3O2. The smallest absolute Gasteiger partial charge is 0.410 e. The zero-order chi connectivity index (χ0) is 17.3. The zero-order valence-corrected chi connectivity index (χ0v) is 16.3. The van der Waals surface area contributed by atoms with Crippen LogP contribution in [-0.4, -0.2) is 66.8 Å². The van der Waals surface area contributed by atoms with Gasteiger partial charge in [-0.1, -0.05) is 15.9 Å². The second-order valence-electron chi connectivity index (χ2n) is 7.54. The van der Waals surface area contributed by atoms with E-state index in [-0.39, 0.29) is 6.09 Å². The van der Waals surface area contributed by atoms with Gasteiger partial charge in [0.05, 0.1) is 0 Å². The predicted molar refractivity (Wildman–Crippen MR) is 99.5 cm³/mol. The summed E-state index contributed by atoms with van der Waals surface area (Å²) in [4.78, 5) is 18.7. The highest BCUT2D eigenvalue weighted by atomic mass is 79.9. The van der Waals surface area contributed by atoms with Crippen molar-refractivity contribution >= 4 is 27.7 Å². The molecule has 3 rings (SSSR count). The van der Waals surface area contributed by atoms with Crippen molar-refractivity contribution in [2.75, 3.05) is 44.2 Å². The molecule has 24 heavy (non-hydrogen) atoms. The molecule has 1 aromatic rings. The molecular weight excluding hydrogens is 370 g/mol. The summed E-state index contributed by atoms with van der Waals surface area (Å²) in [5, 5.41) is 0. The second kappa shape index (κ2) is 6.92. The lowest BCUT2D eigenvalue weighted by atomic mass is 10.1. The highest BCUT2D eigenvalue weighted by Gasteiger charge is 2.37. The number of rotatable bonds is 2. The Kier molecular flexibility index (Phi) is 5.06. The van der Waals surface area contributed by atoms with Crippen LogP contribution in [-0.2, 0) is 4.74 Å². The van der Waals surface area contributed by atoms with E-state index in [0.29, 0.717) is 6.04 Å². The molecule has 132 valence electrons. The average molecular weight is 396 g/mol. The van der Waals surface area contributed by atoms with Gasteiger partial charge in [-0.2, -0.15) is 0 Å². The van der Waals surface area contributed by atoms with Crippen molar-refractivity contribution in [3.8, 4) is 0 Å². The summed E-state index contributed by atoms with van der Waals surface area (Å²) in [5.74, 6) is 0. The van der Waals surface area contributed by atoms with Gasteiger partial charge in [-0.05, 0) is 45.0 Å². The Morgan fingerprint density at radius 1 is 1.08 bits per heavy atom. The summed E-state index contributed by atoms with van der Waals surface area (Å²) in [6.45, 7) is 11.4. The number of carbonyl (C=O) groups is 1. The second-order valence-corrected chi connectivity index (χ2v) is 8.45. The minimum atomic E-state index is -0.418. The highest BCUT2D eigenvalue weighted by molar-refractivity contribution is 9.10. The van der Waals surface area contributed by atoms with Crippen molar-refractivity contribution in [3.63, 3.8) is 0 Å². The Hall–Kier alpha value is -1.27. The Balaban J connectivity index is 1.44. The van der Waals surface area contributed by atoms with Gasteiger partial charge in [0.25, 0.3) is 0 Å². The normalized spacial score (nSPS) is 20.0. The minimum absolute atomic E-state index is 0.188. The van der Waals surface area contributed by atoms with Gasteiger partial charge in [0, 0.05) is 55.5 Å². The molecule has 2 saturated heterocycles. The molecule has 0 atom stereocenters. The van der Waals surface area contributed by atoms with Gasteiger partial charge in [-0.25, -0.2) is 4.79 Å². The Labute approximate surface area is 152 Å². The summed E-state index contributed by atoms with van der Waals surface area (Å²) in [5.41, 5.74) is 0.861. The number of hydrogen-bond acceptors (Lipinski definition) is 4. The number of carbonyl (C=O) groups excluding carboxylic acids is 1. The van der Waals surface area contributed by atoms with Crippen molar-refractivity contribution in [2.45, 2.75) is 32.4 Å². The molecule has 6 heteroatoms. The maximum atomic E-state index is 12.0. The zero-order valence-electron chi connectivity index (χ0n) is 14.7. The summed E-state index contributed by atoms with van der Waals surface area (Å²) in [6.07, 6.45) is -0.188. The molecule has 1 amide bonds. The van der Waals surface area contributed by atoms with E-state index in [9.17, 15) is 4.79 Å². The maximum Gasteiger partial charge on any atom is 0.410 e. The van der Waals surface area contributed by atoms with E-state index in [4.69, 9.17) is 4.74 Å². The molecule has 0 spiro atoms. The number of likely N-dealkylation sites (tertiary alicyclic amines) is 1.